The van der Waals surface area contributed by atoms with Crippen LogP contribution in [-0.4, -0.2) is 68.2 Å². The summed E-state index contributed by atoms with van der Waals surface area (Å²) in [6.45, 7) is 6.95. The molecule has 0 radical (unpaired) electrons. The summed E-state index contributed by atoms with van der Waals surface area (Å²) in [6, 6.07) is 5.72. The average Bonchev–Trinajstić information content (AvgIpc) is 2.63. The highest BCUT2D eigenvalue weighted by Gasteiger charge is 2.21. The molecule has 1 aromatic rings. The number of rotatable bonds is 6. The predicted octanol–water partition coefficient (Wildman–Crippen LogP) is 1.51. The van der Waals surface area contributed by atoms with Crippen molar-refractivity contribution in [3.05, 3.63) is 23.8 Å². The van der Waals surface area contributed by atoms with Crippen LogP contribution in [0.2, 0.25) is 0 Å². The number of hydrogen-bond donors (Lipinski definition) is 1. The molecule has 0 saturated carbocycles. The molecule has 1 heterocycles. The van der Waals surface area contributed by atoms with E-state index < -0.39 is 0 Å². The number of methoxy groups -OCH3 is 1. The topological polar surface area (TPSA) is 71.1 Å². The summed E-state index contributed by atoms with van der Waals surface area (Å²) in [4.78, 5) is 27.0. The van der Waals surface area contributed by atoms with Crippen LogP contribution in [0.3, 0.4) is 0 Å². The van der Waals surface area contributed by atoms with E-state index in [0.29, 0.717) is 51.5 Å². The summed E-state index contributed by atoms with van der Waals surface area (Å²) in [6.07, 6.45) is 0.710. The predicted molar refractivity (Wildman–Crippen MR) is 95.1 cm³/mol. The Bertz CT molecular complexity index is 598. The molecular formula is C18H27N3O4. The van der Waals surface area contributed by atoms with Gasteiger partial charge in [0.2, 0.25) is 5.91 Å². The Balaban J connectivity index is 1.78. The smallest absolute Gasteiger partial charge is 0.317 e. The third kappa shape index (κ3) is 5.27. The molecule has 138 valence electrons. The highest BCUT2D eigenvalue weighted by atomic mass is 16.5. The van der Waals surface area contributed by atoms with Crippen LogP contribution in [0.4, 0.5) is 4.79 Å². The summed E-state index contributed by atoms with van der Waals surface area (Å²) in [5.74, 6) is 1.48. The number of nitrogens with zero attached hydrogens (tertiary/aromatic N) is 2. The molecule has 1 aliphatic heterocycles. The van der Waals surface area contributed by atoms with Gasteiger partial charge in [-0.05, 0) is 31.0 Å². The quantitative estimate of drug-likeness (QED) is 0.845. The van der Waals surface area contributed by atoms with Gasteiger partial charge in [0.15, 0.2) is 11.5 Å². The number of hydrogen-bond acceptors (Lipinski definition) is 4. The van der Waals surface area contributed by atoms with Gasteiger partial charge in [0.05, 0.1) is 13.7 Å². The zero-order valence-electron chi connectivity index (χ0n) is 15.2. The molecule has 0 aromatic heterocycles. The van der Waals surface area contributed by atoms with Crippen molar-refractivity contribution in [1.29, 1.82) is 0 Å². The summed E-state index contributed by atoms with van der Waals surface area (Å²) >= 11 is 0. The van der Waals surface area contributed by atoms with Crippen LogP contribution >= 0.6 is 0 Å². The fourth-order valence-corrected chi connectivity index (χ4v) is 2.79. The monoisotopic (exact) mass is 349 g/mol. The van der Waals surface area contributed by atoms with E-state index in [9.17, 15) is 9.59 Å². The second-order valence-corrected chi connectivity index (χ2v) is 5.89. The van der Waals surface area contributed by atoms with Crippen molar-refractivity contribution >= 4 is 11.9 Å². The number of benzene rings is 1. The fraction of sp³-hybridized carbons (Fsp3) is 0.556. The minimum absolute atomic E-state index is 0.0597. The van der Waals surface area contributed by atoms with E-state index >= 15 is 0 Å². The Morgan fingerprint density at radius 1 is 1.12 bits per heavy atom. The van der Waals surface area contributed by atoms with Gasteiger partial charge in [0.25, 0.3) is 0 Å². The van der Waals surface area contributed by atoms with Crippen molar-refractivity contribution < 1.29 is 19.1 Å². The third-order valence-corrected chi connectivity index (χ3v) is 4.23. The minimum Gasteiger partial charge on any atom is -0.493 e. The first-order chi connectivity index (χ1) is 12.0. The van der Waals surface area contributed by atoms with E-state index in [2.05, 4.69) is 5.32 Å². The zero-order chi connectivity index (χ0) is 18.2. The van der Waals surface area contributed by atoms with Gasteiger partial charge in [-0.1, -0.05) is 6.07 Å². The molecule has 1 aromatic carbocycles. The molecule has 0 bridgehead atoms. The summed E-state index contributed by atoms with van der Waals surface area (Å²) in [5, 5.41) is 2.93. The standard InChI is InChI=1S/C18H27N3O4/c1-4-25-16-6-5-15(13-17(16)24-3)7-8-19-18(23)21-11-9-20(10-12-21)14(2)22/h5-6,13H,4,7-12H2,1-3H3,(H,19,23). The second kappa shape index (κ2) is 9.15. The van der Waals surface area contributed by atoms with Crippen LogP contribution in [0.5, 0.6) is 11.5 Å². The van der Waals surface area contributed by atoms with Gasteiger partial charge in [-0.15, -0.1) is 0 Å². The summed E-state index contributed by atoms with van der Waals surface area (Å²) in [5.41, 5.74) is 1.07. The molecule has 1 saturated heterocycles. The first-order valence-corrected chi connectivity index (χ1v) is 8.63. The molecule has 2 rings (SSSR count). The van der Waals surface area contributed by atoms with Crippen LogP contribution < -0.4 is 14.8 Å². The van der Waals surface area contributed by atoms with E-state index in [1.165, 1.54) is 0 Å². The number of nitrogens with one attached hydrogen (secondary N) is 1. The average molecular weight is 349 g/mol. The maximum Gasteiger partial charge on any atom is 0.317 e. The van der Waals surface area contributed by atoms with Gasteiger partial charge in [0.1, 0.15) is 0 Å². The Hall–Kier alpha value is -2.44. The number of piperazine rings is 1. The third-order valence-electron chi connectivity index (χ3n) is 4.23. The van der Waals surface area contributed by atoms with Crippen molar-refractivity contribution in [2.24, 2.45) is 0 Å². The van der Waals surface area contributed by atoms with E-state index in [1.807, 2.05) is 25.1 Å². The van der Waals surface area contributed by atoms with Crippen LogP contribution in [0.15, 0.2) is 18.2 Å². The number of urea groups is 1. The molecular weight excluding hydrogens is 322 g/mol. The molecule has 0 atom stereocenters. The molecule has 25 heavy (non-hydrogen) atoms. The van der Waals surface area contributed by atoms with Gasteiger partial charge < -0.3 is 24.6 Å². The maximum absolute atomic E-state index is 12.2. The van der Waals surface area contributed by atoms with E-state index in [4.69, 9.17) is 9.47 Å². The van der Waals surface area contributed by atoms with Crippen molar-refractivity contribution in [3.8, 4) is 11.5 Å². The van der Waals surface area contributed by atoms with Crippen molar-refractivity contribution in [2.75, 3.05) is 46.4 Å². The number of carbonyl (C=O) groups excluding carboxylic acids is 2. The van der Waals surface area contributed by atoms with Gasteiger partial charge in [0, 0.05) is 39.6 Å². The number of amides is 3. The van der Waals surface area contributed by atoms with Gasteiger partial charge in [-0.25, -0.2) is 4.79 Å². The van der Waals surface area contributed by atoms with Crippen LogP contribution in [0.25, 0.3) is 0 Å². The first-order valence-electron chi connectivity index (χ1n) is 8.63. The molecule has 0 unspecified atom stereocenters. The van der Waals surface area contributed by atoms with Crippen LogP contribution in [0.1, 0.15) is 19.4 Å². The Labute approximate surface area is 148 Å². The lowest BCUT2D eigenvalue weighted by Crippen LogP contribution is -2.52. The van der Waals surface area contributed by atoms with E-state index in [1.54, 1.807) is 23.8 Å². The molecule has 1 aliphatic rings. The highest BCUT2D eigenvalue weighted by molar-refractivity contribution is 5.76. The molecule has 7 heteroatoms. The van der Waals surface area contributed by atoms with Gasteiger partial charge in [-0.3, -0.25) is 4.79 Å². The largest absolute Gasteiger partial charge is 0.493 e. The maximum atomic E-state index is 12.2. The van der Waals surface area contributed by atoms with E-state index in [-0.39, 0.29) is 11.9 Å². The lowest BCUT2D eigenvalue weighted by Gasteiger charge is -2.34. The highest BCUT2D eigenvalue weighted by Crippen LogP contribution is 2.28. The first kappa shape index (κ1) is 18.9. The lowest BCUT2D eigenvalue weighted by atomic mass is 10.1. The normalized spacial score (nSPS) is 14.2. The second-order valence-electron chi connectivity index (χ2n) is 5.89. The molecule has 7 nitrogen and oxygen atoms in total. The fourth-order valence-electron chi connectivity index (χ4n) is 2.79. The number of carbonyl (C=O) groups is 2. The Morgan fingerprint density at radius 3 is 2.40 bits per heavy atom. The lowest BCUT2D eigenvalue weighted by molar-refractivity contribution is -0.130. The van der Waals surface area contributed by atoms with Crippen LogP contribution in [-0.2, 0) is 11.2 Å². The van der Waals surface area contributed by atoms with Crippen molar-refractivity contribution in [1.82, 2.24) is 15.1 Å². The summed E-state index contributed by atoms with van der Waals surface area (Å²) in [7, 11) is 1.62. The van der Waals surface area contributed by atoms with Crippen molar-refractivity contribution in [2.45, 2.75) is 20.3 Å². The molecule has 0 spiro atoms. The molecule has 1 N–H and O–H groups in total. The summed E-state index contributed by atoms with van der Waals surface area (Å²) < 4.78 is 10.8. The molecule has 1 fully saturated rings. The Kier molecular flexibility index (Phi) is 6.91. The Morgan fingerprint density at radius 2 is 1.80 bits per heavy atom. The SMILES string of the molecule is CCOc1ccc(CCNC(=O)N2CCN(C(C)=O)CC2)cc1OC. The molecule has 0 aliphatic carbocycles. The number of ether oxygens (including phenoxy) is 2. The van der Waals surface area contributed by atoms with Gasteiger partial charge in [-0.2, -0.15) is 0 Å². The zero-order valence-corrected chi connectivity index (χ0v) is 15.2. The minimum atomic E-state index is -0.0823. The molecule has 3 amide bonds. The van der Waals surface area contributed by atoms with E-state index in [0.717, 1.165) is 11.3 Å². The van der Waals surface area contributed by atoms with Gasteiger partial charge >= 0.3 is 6.03 Å². The van der Waals surface area contributed by atoms with Crippen molar-refractivity contribution in [3.63, 3.8) is 0 Å². The van der Waals surface area contributed by atoms with Crippen LogP contribution in [0, 0.1) is 0 Å².